The second kappa shape index (κ2) is 5.22. The Bertz CT molecular complexity index is 164. The van der Waals surface area contributed by atoms with E-state index in [-0.39, 0.29) is 5.91 Å². The number of carbonyl (C=O) groups excluding carboxylic acids is 1. The summed E-state index contributed by atoms with van der Waals surface area (Å²) in [7, 11) is 1.61. The van der Waals surface area contributed by atoms with Crippen molar-refractivity contribution in [1.29, 1.82) is 0 Å². The molecule has 1 rings (SSSR count). The number of rotatable bonds is 5. The highest BCUT2D eigenvalue weighted by Gasteiger charge is 2.16. The number of amides is 1. The van der Waals surface area contributed by atoms with Gasteiger partial charge in [0, 0.05) is 13.5 Å². The average molecular weight is 184 g/mol. The first kappa shape index (κ1) is 10.5. The molecule has 0 spiro atoms. The minimum atomic E-state index is 0.0496. The number of carbonyl (C=O) groups is 1. The molecule has 1 fully saturated rings. The van der Waals surface area contributed by atoms with E-state index in [1.165, 1.54) is 37.1 Å². The Balaban J connectivity index is 1.91. The summed E-state index contributed by atoms with van der Waals surface area (Å²) >= 11 is 0. The minimum absolute atomic E-state index is 0.0496. The van der Waals surface area contributed by atoms with Crippen molar-refractivity contribution >= 4 is 5.91 Å². The van der Waals surface area contributed by atoms with Crippen LogP contribution < -0.4 is 5.84 Å². The molecule has 0 aromatic rings. The zero-order chi connectivity index (χ0) is 9.68. The van der Waals surface area contributed by atoms with E-state index in [0.717, 1.165) is 12.3 Å². The number of hydrogen-bond donors (Lipinski definition) is 1. The molecule has 3 nitrogen and oxygen atoms in total. The Labute approximate surface area is 80.2 Å². The van der Waals surface area contributed by atoms with Gasteiger partial charge in [-0.05, 0) is 12.3 Å². The average Bonchev–Trinajstić information content (AvgIpc) is 2.00. The molecule has 2 N–H and O–H groups in total. The van der Waals surface area contributed by atoms with Crippen molar-refractivity contribution in [3.63, 3.8) is 0 Å². The van der Waals surface area contributed by atoms with Crippen molar-refractivity contribution < 1.29 is 4.79 Å². The topological polar surface area (TPSA) is 46.3 Å². The molecule has 0 aromatic carbocycles. The number of hydrogen-bond acceptors (Lipinski definition) is 2. The third-order valence-electron chi connectivity index (χ3n) is 2.87. The number of unbranched alkanes of at least 4 members (excludes halogenated alkanes) is 1. The van der Waals surface area contributed by atoms with E-state index in [1.54, 1.807) is 7.05 Å². The van der Waals surface area contributed by atoms with Crippen LogP contribution in [0, 0.1) is 5.92 Å². The van der Waals surface area contributed by atoms with Crippen LogP contribution in [0.25, 0.3) is 0 Å². The van der Waals surface area contributed by atoms with Crippen molar-refractivity contribution in [2.24, 2.45) is 11.8 Å². The maximum Gasteiger partial charge on any atom is 0.236 e. The van der Waals surface area contributed by atoms with Gasteiger partial charge in [0.1, 0.15) is 0 Å². The maximum atomic E-state index is 11.1. The molecule has 0 atom stereocenters. The number of hydrazine groups is 1. The molecule has 0 bridgehead atoms. The molecule has 1 aliphatic carbocycles. The van der Waals surface area contributed by atoms with E-state index < -0.39 is 0 Å². The van der Waals surface area contributed by atoms with E-state index >= 15 is 0 Å². The predicted molar refractivity (Wildman–Crippen MR) is 52.8 cm³/mol. The smallest absolute Gasteiger partial charge is 0.236 e. The molecular weight excluding hydrogens is 164 g/mol. The summed E-state index contributed by atoms with van der Waals surface area (Å²) in [5.74, 6) is 6.31. The van der Waals surface area contributed by atoms with Crippen molar-refractivity contribution in [3.8, 4) is 0 Å². The molecule has 13 heavy (non-hydrogen) atoms. The maximum absolute atomic E-state index is 11.1. The summed E-state index contributed by atoms with van der Waals surface area (Å²) in [6.45, 7) is 0. The van der Waals surface area contributed by atoms with Gasteiger partial charge in [0.25, 0.3) is 0 Å². The summed E-state index contributed by atoms with van der Waals surface area (Å²) in [4.78, 5) is 11.1. The summed E-state index contributed by atoms with van der Waals surface area (Å²) < 4.78 is 0. The Morgan fingerprint density at radius 1 is 1.46 bits per heavy atom. The van der Waals surface area contributed by atoms with Crippen LogP contribution in [-0.2, 0) is 4.79 Å². The largest absolute Gasteiger partial charge is 0.284 e. The fourth-order valence-electron chi connectivity index (χ4n) is 1.67. The van der Waals surface area contributed by atoms with Crippen LogP contribution >= 0.6 is 0 Å². The quantitative estimate of drug-likeness (QED) is 0.306. The Kier molecular flexibility index (Phi) is 4.22. The van der Waals surface area contributed by atoms with Crippen LogP contribution in [0.3, 0.4) is 0 Å². The molecule has 0 radical (unpaired) electrons. The Morgan fingerprint density at radius 3 is 2.62 bits per heavy atom. The molecule has 0 aliphatic heterocycles. The first-order valence-electron chi connectivity index (χ1n) is 5.21. The Morgan fingerprint density at radius 2 is 2.15 bits per heavy atom. The van der Waals surface area contributed by atoms with Gasteiger partial charge in [0.05, 0.1) is 0 Å². The fourth-order valence-corrected chi connectivity index (χ4v) is 1.67. The highest BCUT2D eigenvalue weighted by Crippen LogP contribution is 2.30. The summed E-state index contributed by atoms with van der Waals surface area (Å²) in [5.41, 5.74) is 0. The monoisotopic (exact) mass is 184 g/mol. The SMILES string of the molecule is CN(N)C(=O)CCCCC1CCC1. The second-order valence-corrected chi connectivity index (χ2v) is 4.05. The first-order chi connectivity index (χ1) is 6.20. The van der Waals surface area contributed by atoms with Gasteiger partial charge in [0.2, 0.25) is 5.91 Å². The highest BCUT2D eigenvalue weighted by molar-refractivity contribution is 5.75. The van der Waals surface area contributed by atoms with Crippen LogP contribution in [0.1, 0.15) is 44.9 Å². The molecule has 0 aromatic heterocycles. The van der Waals surface area contributed by atoms with Crippen molar-refractivity contribution in [3.05, 3.63) is 0 Å². The summed E-state index contributed by atoms with van der Waals surface area (Å²) in [6, 6.07) is 0. The lowest BCUT2D eigenvalue weighted by molar-refractivity contribution is -0.130. The van der Waals surface area contributed by atoms with Gasteiger partial charge in [-0.3, -0.25) is 9.80 Å². The van der Waals surface area contributed by atoms with Crippen molar-refractivity contribution in [2.45, 2.75) is 44.9 Å². The lowest BCUT2D eigenvalue weighted by atomic mass is 9.82. The van der Waals surface area contributed by atoms with E-state index in [0.29, 0.717) is 6.42 Å². The zero-order valence-corrected chi connectivity index (χ0v) is 8.46. The fraction of sp³-hybridized carbons (Fsp3) is 0.900. The molecule has 1 saturated carbocycles. The standard InChI is InChI=1S/C10H20N2O/c1-12(11)10(13)8-3-2-5-9-6-4-7-9/h9H,2-8,11H2,1H3. The molecular formula is C10H20N2O. The zero-order valence-electron chi connectivity index (χ0n) is 8.46. The lowest BCUT2D eigenvalue weighted by Gasteiger charge is -2.25. The molecule has 1 amide bonds. The third-order valence-corrected chi connectivity index (χ3v) is 2.87. The Hall–Kier alpha value is -0.570. The summed E-state index contributed by atoms with van der Waals surface area (Å²) in [5, 5.41) is 1.18. The predicted octanol–water partition coefficient (Wildman–Crippen LogP) is 1.68. The minimum Gasteiger partial charge on any atom is -0.284 e. The van der Waals surface area contributed by atoms with E-state index in [4.69, 9.17) is 5.84 Å². The summed E-state index contributed by atoms with van der Waals surface area (Å²) in [6.07, 6.45) is 8.33. The molecule has 0 unspecified atom stereocenters. The number of nitrogens with two attached hydrogens (primary N) is 1. The third kappa shape index (κ3) is 3.77. The van der Waals surface area contributed by atoms with Gasteiger partial charge < -0.3 is 0 Å². The molecule has 3 heteroatoms. The normalized spacial score (nSPS) is 16.8. The first-order valence-corrected chi connectivity index (χ1v) is 5.21. The molecule has 0 heterocycles. The van der Waals surface area contributed by atoms with Crippen LogP contribution in [0.5, 0.6) is 0 Å². The van der Waals surface area contributed by atoms with Gasteiger partial charge in [-0.2, -0.15) is 0 Å². The van der Waals surface area contributed by atoms with Crippen molar-refractivity contribution in [2.75, 3.05) is 7.05 Å². The van der Waals surface area contributed by atoms with Crippen LogP contribution in [0.2, 0.25) is 0 Å². The van der Waals surface area contributed by atoms with Gasteiger partial charge in [-0.15, -0.1) is 0 Å². The van der Waals surface area contributed by atoms with Crippen molar-refractivity contribution in [1.82, 2.24) is 5.01 Å². The second-order valence-electron chi connectivity index (χ2n) is 4.05. The molecule has 76 valence electrons. The van der Waals surface area contributed by atoms with Gasteiger partial charge in [-0.1, -0.05) is 32.1 Å². The lowest BCUT2D eigenvalue weighted by Crippen LogP contribution is -2.32. The van der Waals surface area contributed by atoms with Gasteiger partial charge in [0.15, 0.2) is 0 Å². The van der Waals surface area contributed by atoms with Crippen LogP contribution in [-0.4, -0.2) is 18.0 Å². The molecule has 0 saturated heterocycles. The molecule has 1 aliphatic rings. The van der Waals surface area contributed by atoms with E-state index in [2.05, 4.69) is 0 Å². The number of nitrogens with zero attached hydrogens (tertiary/aromatic N) is 1. The van der Waals surface area contributed by atoms with Crippen LogP contribution in [0.15, 0.2) is 0 Å². The van der Waals surface area contributed by atoms with Crippen LogP contribution in [0.4, 0.5) is 0 Å². The van der Waals surface area contributed by atoms with Gasteiger partial charge in [-0.25, -0.2) is 5.84 Å². The van der Waals surface area contributed by atoms with E-state index in [9.17, 15) is 4.79 Å². The van der Waals surface area contributed by atoms with Gasteiger partial charge >= 0.3 is 0 Å². The highest BCUT2D eigenvalue weighted by atomic mass is 16.2. The van der Waals surface area contributed by atoms with E-state index in [1.807, 2.05) is 0 Å².